The fraction of sp³-hybridized carbons (Fsp3) is 0.217. The van der Waals surface area contributed by atoms with Crippen LogP contribution < -0.4 is 5.32 Å². The lowest BCUT2D eigenvalue weighted by Crippen LogP contribution is -2.39. The van der Waals surface area contributed by atoms with E-state index >= 15 is 0 Å². The number of aromatic nitrogens is 2. The van der Waals surface area contributed by atoms with Crippen LogP contribution in [0.15, 0.2) is 79.1 Å². The lowest BCUT2D eigenvalue weighted by atomic mass is 10.0. The molecule has 1 N–H and O–H groups in total. The summed E-state index contributed by atoms with van der Waals surface area (Å²) in [7, 11) is 0. The van der Waals surface area contributed by atoms with Crippen molar-refractivity contribution in [1.29, 1.82) is 0 Å². The molecule has 1 aliphatic rings. The fourth-order valence-corrected chi connectivity index (χ4v) is 3.38. The van der Waals surface area contributed by atoms with Gasteiger partial charge in [0.05, 0.1) is 18.4 Å². The Labute approximate surface area is 165 Å². The van der Waals surface area contributed by atoms with E-state index in [1.54, 1.807) is 0 Å². The third kappa shape index (κ3) is 4.56. The summed E-state index contributed by atoms with van der Waals surface area (Å²) < 4.78 is 1.90. The number of hydrogen-bond donors (Lipinski definition) is 1. The maximum Gasteiger partial charge on any atom is 0.234 e. The fourth-order valence-electron chi connectivity index (χ4n) is 3.38. The van der Waals surface area contributed by atoms with Crippen LogP contribution in [0.25, 0.3) is 11.3 Å². The Morgan fingerprint density at radius 2 is 1.79 bits per heavy atom. The van der Waals surface area contributed by atoms with Crippen molar-refractivity contribution in [2.75, 3.05) is 19.6 Å². The highest BCUT2D eigenvalue weighted by molar-refractivity contribution is 5.78. The van der Waals surface area contributed by atoms with Gasteiger partial charge in [0.1, 0.15) is 0 Å². The van der Waals surface area contributed by atoms with E-state index in [2.05, 4.69) is 27.6 Å². The van der Waals surface area contributed by atoms with Crippen molar-refractivity contribution >= 4 is 11.5 Å². The number of benzene rings is 2. The molecule has 2 heterocycles. The largest absolute Gasteiger partial charge is 0.351 e. The van der Waals surface area contributed by atoms with E-state index in [-0.39, 0.29) is 5.91 Å². The van der Waals surface area contributed by atoms with Gasteiger partial charge in [-0.05, 0) is 29.7 Å². The number of hydrogen-bond acceptors (Lipinski definition) is 3. The number of rotatable bonds is 6. The Hall–Kier alpha value is -3.18. The molecule has 2 aromatic carbocycles. The van der Waals surface area contributed by atoms with Crippen molar-refractivity contribution in [2.24, 2.45) is 0 Å². The van der Waals surface area contributed by atoms with Crippen LogP contribution in [-0.4, -0.2) is 40.2 Å². The minimum Gasteiger partial charge on any atom is -0.351 e. The molecule has 0 fully saturated rings. The number of amides is 1. The number of nitrogens with one attached hydrogen (secondary N) is 1. The quantitative estimate of drug-likeness (QED) is 0.722. The molecule has 0 saturated heterocycles. The summed E-state index contributed by atoms with van der Waals surface area (Å²) in [4.78, 5) is 14.4. The van der Waals surface area contributed by atoms with Gasteiger partial charge in [0.2, 0.25) is 5.91 Å². The van der Waals surface area contributed by atoms with E-state index in [1.807, 2.05) is 71.5 Å². The van der Waals surface area contributed by atoms with Gasteiger partial charge < -0.3 is 5.32 Å². The summed E-state index contributed by atoms with van der Waals surface area (Å²) in [6, 6.07) is 20.1. The van der Waals surface area contributed by atoms with Gasteiger partial charge in [0, 0.05) is 31.4 Å². The molecule has 1 aromatic heterocycles. The first-order valence-corrected chi connectivity index (χ1v) is 9.60. The molecule has 3 aromatic rings. The molecule has 0 bridgehead atoms. The van der Waals surface area contributed by atoms with E-state index in [0.717, 1.165) is 36.3 Å². The predicted octanol–water partition coefficient (Wildman–Crippen LogP) is 3.28. The Bertz CT molecular complexity index is 947. The molecule has 5 nitrogen and oxygen atoms in total. The Kier molecular flexibility index (Phi) is 5.64. The average molecular weight is 372 g/mol. The molecule has 28 heavy (non-hydrogen) atoms. The third-order valence-electron chi connectivity index (χ3n) is 4.97. The standard InChI is InChI=1S/C23H24N4O/c28-23(24-15-19-7-3-1-4-8-19)18-26-13-11-20(12-14-26)21-16-25-27(17-21)22-9-5-2-6-10-22/h1-11,16-17H,12-15,18H2,(H,24,28). The van der Waals surface area contributed by atoms with Crippen LogP contribution in [0.1, 0.15) is 17.5 Å². The van der Waals surface area contributed by atoms with Crippen LogP contribution in [-0.2, 0) is 11.3 Å². The number of carbonyl (C=O) groups is 1. The highest BCUT2D eigenvalue weighted by Crippen LogP contribution is 2.22. The smallest absolute Gasteiger partial charge is 0.234 e. The number of nitrogens with zero attached hydrogens (tertiary/aromatic N) is 3. The van der Waals surface area contributed by atoms with Gasteiger partial charge >= 0.3 is 0 Å². The number of para-hydroxylation sites is 1. The zero-order valence-electron chi connectivity index (χ0n) is 15.8. The molecular weight excluding hydrogens is 348 g/mol. The molecule has 0 atom stereocenters. The van der Waals surface area contributed by atoms with Crippen molar-refractivity contribution in [3.05, 3.63) is 90.3 Å². The first-order chi connectivity index (χ1) is 13.8. The highest BCUT2D eigenvalue weighted by atomic mass is 16.2. The van der Waals surface area contributed by atoms with Gasteiger partial charge in [-0.15, -0.1) is 0 Å². The first kappa shape index (κ1) is 18.2. The molecule has 0 unspecified atom stereocenters. The maximum atomic E-state index is 12.2. The van der Waals surface area contributed by atoms with E-state index in [1.165, 1.54) is 5.57 Å². The summed E-state index contributed by atoms with van der Waals surface area (Å²) >= 11 is 0. The maximum absolute atomic E-state index is 12.2. The Morgan fingerprint density at radius 3 is 2.50 bits per heavy atom. The predicted molar refractivity (Wildman–Crippen MR) is 111 cm³/mol. The monoisotopic (exact) mass is 372 g/mol. The van der Waals surface area contributed by atoms with Crippen molar-refractivity contribution in [1.82, 2.24) is 20.0 Å². The second kappa shape index (κ2) is 8.67. The van der Waals surface area contributed by atoms with Crippen LogP contribution >= 0.6 is 0 Å². The Morgan fingerprint density at radius 1 is 1.04 bits per heavy atom. The summed E-state index contributed by atoms with van der Waals surface area (Å²) in [6.45, 7) is 2.67. The Balaban J connectivity index is 1.30. The highest BCUT2D eigenvalue weighted by Gasteiger charge is 2.16. The van der Waals surface area contributed by atoms with E-state index in [0.29, 0.717) is 13.1 Å². The third-order valence-corrected chi connectivity index (χ3v) is 4.97. The molecule has 1 amide bonds. The molecule has 0 aliphatic carbocycles. The van der Waals surface area contributed by atoms with Gasteiger partial charge in [0.25, 0.3) is 0 Å². The summed E-state index contributed by atoms with van der Waals surface area (Å²) in [5, 5.41) is 7.48. The lowest BCUT2D eigenvalue weighted by Gasteiger charge is -2.25. The molecule has 0 radical (unpaired) electrons. The lowest BCUT2D eigenvalue weighted by molar-refractivity contribution is -0.122. The second-order valence-corrected chi connectivity index (χ2v) is 6.99. The minimum atomic E-state index is 0.0672. The van der Waals surface area contributed by atoms with Crippen LogP contribution in [0.2, 0.25) is 0 Å². The van der Waals surface area contributed by atoms with E-state index in [4.69, 9.17) is 0 Å². The van der Waals surface area contributed by atoms with Crippen LogP contribution in [0, 0.1) is 0 Å². The molecule has 0 spiro atoms. The van der Waals surface area contributed by atoms with Crippen molar-refractivity contribution in [2.45, 2.75) is 13.0 Å². The average Bonchev–Trinajstić information content (AvgIpc) is 3.25. The molecule has 0 saturated carbocycles. The molecule has 5 heteroatoms. The van der Waals surface area contributed by atoms with E-state index < -0.39 is 0 Å². The minimum absolute atomic E-state index is 0.0672. The van der Waals surface area contributed by atoms with Gasteiger partial charge in [-0.3, -0.25) is 9.69 Å². The molecule has 4 rings (SSSR count). The number of carbonyl (C=O) groups excluding carboxylic acids is 1. The zero-order chi connectivity index (χ0) is 19.2. The summed E-state index contributed by atoms with van der Waals surface area (Å²) in [5.41, 5.74) is 4.62. The molecular formula is C23H24N4O. The van der Waals surface area contributed by atoms with Crippen LogP contribution in [0.5, 0.6) is 0 Å². The van der Waals surface area contributed by atoms with Crippen LogP contribution in [0.4, 0.5) is 0 Å². The van der Waals surface area contributed by atoms with Gasteiger partial charge in [-0.25, -0.2) is 4.68 Å². The van der Waals surface area contributed by atoms with Gasteiger partial charge in [-0.1, -0.05) is 54.6 Å². The zero-order valence-corrected chi connectivity index (χ0v) is 15.8. The van der Waals surface area contributed by atoms with Gasteiger partial charge in [0.15, 0.2) is 0 Å². The normalized spacial score (nSPS) is 14.5. The molecule has 1 aliphatic heterocycles. The second-order valence-electron chi connectivity index (χ2n) is 6.99. The van der Waals surface area contributed by atoms with Crippen LogP contribution in [0.3, 0.4) is 0 Å². The van der Waals surface area contributed by atoms with Crippen molar-refractivity contribution in [3.8, 4) is 5.69 Å². The van der Waals surface area contributed by atoms with Crippen molar-refractivity contribution in [3.63, 3.8) is 0 Å². The van der Waals surface area contributed by atoms with Crippen molar-refractivity contribution < 1.29 is 4.79 Å². The SMILES string of the molecule is O=C(CN1CC=C(c2cnn(-c3ccccc3)c2)CC1)NCc1ccccc1. The summed E-state index contributed by atoms with van der Waals surface area (Å²) in [5.74, 6) is 0.0672. The summed E-state index contributed by atoms with van der Waals surface area (Å²) in [6.07, 6.45) is 7.12. The topological polar surface area (TPSA) is 50.2 Å². The van der Waals surface area contributed by atoms with Gasteiger partial charge in [-0.2, -0.15) is 5.10 Å². The van der Waals surface area contributed by atoms with E-state index in [9.17, 15) is 4.79 Å². The molecule has 142 valence electrons. The first-order valence-electron chi connectivity index (χ1n) is 9.60.